The molecular weight excluding hydrogens is 597 g/mol. The van der Waals surface area contributed by atoms with Gasteiger partial charge in [-0.25, -0.2) is 9.97 Å². The molecule has 0 unspecified atom stereocenters. The molecule has 0 saturated heterocycles. The van der Waals surface area contributed by atoms with E-state index in [4.69, 9.17) is 23.2 Å². The maximum Gasteiger partial charge on any atom is 0.284 e. The lowest BCUT2D eigenvalue weighted by atomic mass is 9.94. The molecule has 5 heterocycles. The molecule has 5 aromatic carbocycles. The number of fused-ring (bicyclic) bond motifs is 5. The minimum Gasteiger partial charge on any atom is -0.456 e. The number of furan rings is 1. The van der Waals surface area contributed by atoms with Gasteiger partial charge in [-0.05, 0) is 65.4 Å². The third kappa shape index (κ3) is 3.91. The van der Waals surface area contributed by atoms with Crippen LogP contribution in [0.25, 0.3) is 97.3 Å². The Balaban J connectivity index is 1.34. The van der Waals surface area contributed by atoms with Crippen LogP contribution in [0.3, 0.4) is 0 Å². The normalized spacial score (nSPS) is 12.0. The first kappa shape index (κ1) is 24.9. The van der Waals surface area contributed by atoms with E-state index in [1.807, 2.05) is 42.5 Å². The third-order valence-corrected chi connectivity index (χ3v) is 10.5. The van der Waals surface area contributed by atoms with Crippen LogP contribution in [0.15, 0.2) is 135 Å². The summed E-state index contributed by atoms with van der Waals surface area (Å²) in [6.07, 6.45) is 0. The molecule has 0 aliphatic rings. The van der Waals surface area contributed by atoms with E-state index in [1.165, 1.54) is 20.2 Å². The van der Waals surface area contributed by atoms with Crippen LogP contribution < -0.4 is 0 Å². The van der Waals surface area contributed by atoms with Crippen molar-refractivity contribution in [1.82, 2.24) is 9.97 Å². The molecule has 10 rings (SSSR count). The van der Waals surface area contributed by atoms with Crippen molar-refractivity contribution in [2.24, 2.45) is 0 Å². The highest BCUT2D eigenvalue weighted by Crippen LogP contribution is 2.51. The van der Waals surface area contributed by atoms with E-state index in [2.05, 4.69) is 78.9 Å². The lowest BCUT2D eigenvalue weighted by Gasteiger charge is -2.12. The van der Waals surface area contributed by atoms with Crippen LogP contribution in [0.4, 0.5) is 0 Å². The van der Waals surface area contributed by atoms with E-state index in [-0.39, 0.29) is 0 Å². The highest BCUT2D eigenvalue weighted by Gasteiger charge is 2.27. The summed E-state index contributed by atoms with van der Waals surface area (Å²) in [6.45, 7) is 0. The van der Waals surface area contributed by atoms with Crippen molar-refractivity contribution in [3.8, 4) is 44.0 Å². The van der Waals surface area contributed by atoms with Gasteiger partial charge in [0.25, 0.3) is 11.8 Å². The number of aromatic nitrogens is 2. The summed E-state index contributed by atoms with van der Waals surface area (Å²) in [5.41, 5.74) is 6.68. The Morgan fingerprint density at radius 2 is 1.07 bits per heavy atom. The van der Waals surface area contributed by atoms with Gasteiger partial charge >= 0.3 is 0 Å². The van der Waals surface area contributed by atoms with Crippen LogP contribution in [-0.4, -0.2) is 9.97 Å². The first-order valence-corrected chi connectivity index (χ1v) is 16.2. The summed E-state index contributed by atoms with van der Waals surface area (Å²) in [6, 6.07) is 41.5. The van der Waals surface area contributed by atoms with Crippen LogP contribution in [-0.2, 0) is 0 Å². The number of nitrogens with zero attached hydrogens (tertiary/aromatic N) is 2. The first-order valence-electron chi connectivity index (χ1n) is 14.6. The highest BCUT2D eigenvalue weighted by molar-refractivity contribution is 7.23. The van der Waals surface area contributed by atoms with Crippen molar-refractivity contribution in [3.63, 3.8) is 0 Å². The maximum absolute atomic E-state index is 6.54. The molecule has 5 nitrogen and oxygen atoms in total. The Kier molecular flexibility index (Phi) is 5.25. The van der Waals surface area contributed by atoms with Crippen LogP contribution in [0.2, 0.25) is 0 Å². The second-order valence-electron chi connectivity index (χ2n) is 11.0. The number of hydrogen-bond donors (Lipinski definition) is 0. The van der Waals surface area contributed by atoms with E-state index in [9.17, 15) is 0 Å². The number of para-hydroxylation sites is 3. The predicted octanol–water partition coefficient (Wildman–Crippen LogP) is 11.8. The highest BCUT2D eigenvalue weighted by atomic mass is 32.1. The fourth-order valence-corrected chi connectivity index (χ4v) is 8.38. The average molecular weight is 617 g/mol. The van der Waals surface area contributed by atoms with Crippen molar-refractivity contribution in [1.29, 1.82) is 0 Å². The minimum atomic E-state index is 0.340. The van der Waals surface area contributed by atoms with Gasteiger partial charge in [-0.15, -0.1) is 22.7 Å². The van der Waals surface area contributed by atoms with Crippen molar-refractivity contribution < 1.29 is 13.3 Å². The average Bonchev–Trinajstić information content (AvgIpc) is 3.90. The lowest BCUT2D eigenvalue weighted by Crippen LogP contribution is -1.89. The molecule has 7 heteroatoms. The standard InChI is InChI=1S/C38H20N2O3S2/c1-5-13-26-21(9-1)17-28(41-26)24-20-29-36(40-38(43-29)37-39-25-12-4-6-14-27(25)42-37)35(33-19-23-11-3-8-16-31(23)45-33)34(24)32-18-22-10-2-7-15-30(22)44-32/h1-20H. The quantitative estimate of drug-likeness (QED) is 0.197. The minimum absolute atomic E-state index is 0.340. The van der Waals surface area contributed by atoms with E-state index in [0.717, 1.165) is 54.2 Å². The number of thiophene rings is 2. The Hall–Kier alpha value is -5.50. The predicted molar refractivity (Wildman–Crippen MR) is 184 cm³/mol. The molecule has 212 valence electrons. The van der Waals surface area contributed by atoms with Gasteiger partial charge in [-0.1, -0.05) is 66.7 Å². The second kappa shape index (κ2) is 9.50. The van der Waals surface area contributed by atoms with Crippen LogP contribution >= 0.6 is 22.7 Å². The van der Waals surface area contributed by atoms with Gasteiger partial charge < -0.3 is 13.3 Å². The SMILES string of the molecule is c1ccc2oc(-c3cc4oc(-c5nc6ccccc6o5)nc4c(-c4cc5ccccc5s4)c3-c3cc4ccccc4s3)cc2c1. The van der Waals surface area contributed by atoms with Crippen molar-refractivity contribution in [3.05, 3.63) is 121 Å². The van der Waals surface area contributed by atoms with Gasteiger partial charge in [-0.3, -0.25) is 0 Å². The lowest BCUT2D eigenvalue weighted by molar-refractivity contribution is 0.550. The van der Waals surface area contributed by atoms with E-state index in [1.54, 1.807) is 22.7 Å². The van der Waals surface area contributed by atoms with Gasteiger partial charge in [0.15, 0.2) is 11.2 Å². The van der Waals surface area contributed by atoms with Gasteiger partial charge in [0.1, 0.15) is 22.4 Å². The van der Waals surface area contributed by atoms with Gasteiger partial charge in [-0.2, -0.15) is 0 Å². The number of oxazole rings is 2. The summed E-state index contributed by atoms with van der Waals surface area (Å²) in [5.74, 6) is 1.46. The molecule has 0 N–H and O–H groups in total. The summed E-state index contributed by atoms with van der Waals surface area (Å²) in [4.78, 5) is 12.0. The molecule has 10 aromatic rings. The van der Waals surface area contributed by atoms with Gasteiger partial charge in [0, 0.05) is 41.2 Å². The molecule has 0 aliphatic carbocycles. The van der Waals surface area contributed by atoms with E-state index >= 15 is 0 Å². The summed E-state index contributed by atoms with van der Waals surface area (Å²) < 4.78 is 21.6. The van der Waals surface area contributed by atoms with E-state index in [0.29, 0.717) is 22.9 Å². The van der Waals surface area contributed by atoms with Gasteiger partial charge in [0.2, 0.25) is 0 Å². The smallest absolute Gasteiger partial charge is 0.284 e. The van der Waals surface area contributed by atoms with Crippen LogP contribution in [0.1, 0.15) is 0 Å². The monoisotopic (exact) mass is 616 g/mol. The maximum atomic E-state index is 6.54. The summed E-state index contributed by atoms with van der Waals surface area (Å²) in [5, 5.41) is 3.43. The Labute approximate surface area is 263 Å². The zero-order valence-corrected chi connectivity index (χ0v) is 25.1. The molecule has 0 bridgehead atoms. The second-order valence-corrected chi connectivity index (χ2v) is 13.1. The van der Waals surface area contributed by atoms with Crippen molar-refractivity contribution in [2.75, 3.05) is 0 Å². The molecule has 0 fully saturated rings. The van der Waals surface area contributed by atoms with Crippen molar-refractivity contribution in [2.45, 2.75) is 0 Å². The fourth-order valence-electron chi connectivity index (χ4n) is 6.14. The molecule has 0 radical (unpaired) electrons. The summed E-state index contributed by atoms with van der Waals surface area (Å²) >= 11 is 3.52. The molecule has 0 spiro atoms. The topological polar surface area (TPSA) is 65.2 Å². The Morgan fingerprint density at radius 3 is 1.78 bits per heavy atom. The van der Waals surface area contributed by atoms with Crippen LogP contribution in [0.5, 0.6) is 0 Å². The molecule has 0 aliphatic heterocycles. The molecule has 5 aromatic heterocycles. The molecule has 45 heavy (non-hydrogen) atoms. The van der Waals surface area contributed by atoms with Crippen LogP contribution in [0, 0.1) is 0 Å². The van der Waals surface area contributed by atoms with Gasteiger partial charge in [0.05, 0.1) is 0 Å². The summed E-state index contributed by atoms with van der Waals surface area (Å²) in [7, 11) is 0. The Bertz CT molecular complexity index is 2610. The third-order valence-electron chi connectivity index (χ3n) is 8.20. The number of benzene rings is 5. The number of hydrogen-bond acceptors (Lipinski definition) is 7. The first-order chi connectivity index (χ1) is 22.2. The molecular formula is C38H20N2O3S2. The Morgan fingerprint density at radius 1 is 0.467 bits per heavy atom. The fraction of sp³-hybridized carbons (Fsp3) is 0. The number of rotatable bonds is 4. The molecule has 0 amide bonds. The zero-order valence-electron chi connectivity index (χ0n) is 23.5. The molecule has 0 saturated carbocycles. The van der Waals surface area contributed by atoms with Crippen molar-refractivity contribution >= 4 is 76.0 Å². The zero-order chi connectivity index (χ0) is 29.5. The molecule has 0 atom stereocenters. The largest absolute Gasteiger partial charge is 0.456 e. The van der Waals surface area contributed by atoms with E-state index < -0.39 is 0 Å².